The van der Waals surface area contributed by atoms with E-state index in [1.807, 2.05) is 0 Å². The van der Waals surface area contributed by atoms with Crippen molar-refractivity contribution in [3.05, 3.63) is 35.5 Å². The highest BCUT2D eigenvalue weighted by atomic mass is 16.3. The van der Waals surface area contributed by atoms with E-state index < -0.39 is 5.60 Å². The van der Waals surface area contributed by atoms with E-state index in [2.05, 4.69) is 32.9 Å². The van der Waals surface area contributed by atoms with E-state index in [1.54, 1.807) is 19.1 Å². The molecule has 3 heteroatoms. The lowest BCUT2D eigenvalue weighted by Gasteiger charge is -2.56. The third-order valence-corrected chi connectivity index (χ3v) is 8.16. The molecule has 0 radical (unpaired) electrons. The van der Waals surface area contributed by atoms with Crippen LogP contribution < -0.4 is 0 Å². The Morgan fingerprint density at radius 3 is 2.56 bits per heavy atom. The number of aliphatic hydroxyl groups is 1. The van der Waals surface area contributed by atoms with Gasteiger partial charge in [0.1, 0.15) is 5.60 Å². The van der Waals surface area contributed by atoms with Gasteiger partial charge in [-0.1, -0.05) is 31.6 Å². The van der Waals surface area contributed by atoms with Crippen LogP contribution in [-0.4, -0.2) is 22.3 Å². The molecule has 0 saturated heterocycles. The van der Waals surface area contributed by atoms with Crippen molar-refractivity contribution in [1.82, 2.24) is 0 Å². The lowest BCUT2D eigenvalue weighted by atomic mass is 9.48. The zero-order valence-electron chi connectivity index (χ0n) is 15.6. The topological polar surface area (TPSA) is 54.4 Å². The summed E-state index contributed by atoms with van der Waals surface area (Å²) in [6.45, 7) is 8.02. The molecule has 4 rings (SSSR count). The first-order chi connectivity index (χ1) is 11.6. The summed E-state index contributed by atoms with van der Waals surface area (Å²) in [4.78, 5) is 24.2. The predicted molar refractivity (Wildman–Crippen MR) is 96.8 cm³/mol. The number of ketones is 2. The molecule has 4 aliphatic carbocycles. The molecular weight excluding hydrogens is 312 g/mol. The van der Waals surface area contributed by atoms with E-state index >= 15 is 0 Å². The van der Waals surface area contributed by atoms with Crippen molar-refractivity contribution in [3.63, 3.8) is 0 Å². The summed E-state index contributed by atoms with van der Waals surface area (Å²) >= 11 is 0. The van der Waals surface area contributed by atoms with Gasteiger partial charge in [0.2, 0.25) is 0 Å². The number of hydrogen-bond donors (Lipinski definition) is 1. The van der Waals surface area contributed by atoms with Crippen LogP contribution in [0, 0.1) is 28.6 Å². The second-order valence-corrected chi connectivity index (χ2v) is 9.13. The summed E-state index contributed by atoms with van der Waals surface area (Å²) in [7, 11) is 0. The molecule has 0 aromatic heterocycles. The number of allylic oxidation sites excluding steroid dienone is 6. The van der Waals surface area contributed by atoms with E-state index in [9.17, 15) is 14.7 Å². The molecule has 0 aromatic carbocycles. The fraction of sp³-hybridized carbons (Fsp3) is 0.636. The van der Waals surface area contributed by atoms with E-state index in [1.165, 1.54) is 5.57 Å². The third-order valence-electron chi connectivity index (χ3n) is 8.16. The fourth-order valence-electron chi connectivity index (χ4n) is 6.65. The van der Waals surface area contributed by atoms with Crippen LogP contribution in [0.4, 0.5) is 0 Å². The highest BCUT2D eigenvalue weighted by Gasteiger charge is 2.65. The van der Waals surface area contributed by atoms with Crippen LogP contribution >= 0.6 is 0 Å². The van der Waals surface area contributed by atoms with Crippen molar-refractivity contribution in [2.75, 3.05) is 0 Å². The Kier molecular flexibility index (Phi) is 3.41. The number of rotatable bonds is 1. The van der Waals surface area contributed by atoms with Gasteiger partial charge in [-0.15, -0.1) is 0 Å². The molecule has 2 fully saturated rings. The molecule has 0 unspecified atom stereocenters. The molecule has 0 heterocycles. The number of carbonyl (C=O) groups excluding carboxylic acids is 2. The lowest BCUT2D eigenvalue weighted by Crippen LogP contribution is -2.56. The largest absolute Gasteiger partial charge is 0.382 e. The Bertz CT molecular complexity index is 757. The maximum absolute atomic E-state index is 12.3. The van der Waals surface area contributed by atoms with Crippen LogP contribution in [0.5, 0.6) is 0 Å². The van der Waals surface area contributed by atoms with Gasteiger partial charge in [0.25, 0.3) is 0 Å². The Labute approximate surface area is 149 Å². The molecule has 25 heavy (non-hydrogen) atoms. The van der Waals surface area contributed by atoms with Gasteiger partial charge in [0.15, 0.2) is 11.6 Å². The molecular formula is C22H28O3. The second-order valence-electron chi connectivity index (χ2n) is 9.13. The molecule has 1 N–H and O–H groups in total. The van der Waals surface area contributed by atoms with Crippen molar-refractivity contribution in [3.8, 4) is 0 Å². The van der Waals surface area contributed by atoms with Crippen molar-refractivity contribution in [2.45, 2.75) is 59.0 Å². The molecule has 6 atom stereocenters. The van der Waals surface area contributed by atoms with Crippen LogP contribution in [0.2, 0.25) is 0 Å². The quantitative estimate of drug-likeness (QED) is 0.790. The van der Waals surface area contributed by atoms with Gasteiger partial charge in [-0.25, -0.2) is 0 Å². The van der Waals surface area contributed by atoms with E-state index in [-0.39, 0.29) is 22.4 Å². The maximum atomic E-state index is 12.3. The predicted octanol–water partition coefficient (Wildman–Crippen LogP) is 3.78. The normalized spacial score (nSPS) is 48.2. The average molecular weight is 340 g/mol. The highest BCUT2D eigenvalue weighted by Crippen LogP contribution is 2.66. The van der Waals surface area contributed by atoms with Crippen molar-refractivity contribution >= 4 is 11.6 Å². The van der Waals surface area contributed by atoms with Crippen LogP contribution in [0.3, 0.4) is 0 Å². The number of hydrogen-bond acceptors (Lipinski definition) is 3. The average Bonchev–Trinajstić information content (AvgIpc) is 2.83. The highest BCUT2D eigenvalue weighted by molar-refractivity contribution is 6.02. The molecule has 0 aliphatic heterocycles. The van der Waals surface area contributed by atoms with Gasteiger partial charge in [0, 0.05) is 10.8 Å². The zero-order chi connectivity index (χ0) is 18.2. The summed E-state index contributed by atoms with van der Waals surface area (Å²) in [6, 6.07) is 0. The van der Waals surface area contributed by atoms with Gasteiger partial charge < -0.3 is 5.11 Å². The minimum absolute atomic E-state index is 0.0751. The molecule has 2 saturated carbocycles. The number of fused-ring (bicyclic) bond motifs is 5. The minimum Gasteiger partial charge on any atom is -0.382 e. The van der Waals surface area contributed by atoms with Gasteiger partial charge in [0.05, 0.1) is 0 Å². The van der Waals surface area contributed by atoms with Crippen LogP contribution in [0.25, 0.3) is 0 Å². The minimum atomic E-state index is -1.18. The molecule has 0 bridgehead atoms. The van der Waals surface area contributed by atoms with Crippen LogP contribution in [0.15, 0.2) is 35.5 Å². The van der Waals surface area contributed by atoms with E-state index in [0.717, 1.165) is 24.8 Å². The lowest BCUT2D eigenvalue weighted by molar-refractivity contribution is -0.155. The molecule has 0 aromatic rings. The summed E-state index contributed by atoms with van der Waals surface area (Å²) in [5.74, 6) is 1.10. The van der Waals surface area contributed by atoms with Crippen LogP contribution in [-0.2, 0) is 9.59 Å². The second kappa shape index (κ2) is 5.03. The zero-order valence-corrected chi connectivity index (χ0v) is 15.6. The Morgan fingerprint density at radius 1 is 1.20 bits per heavy atom. The van der Waals surface area contributed by atoms with E-state index in [0.29, 0.717) is 24.2 Å². The fourth-order valence-corrected chi connectivity index (χ4v) is 6.65. The summed E-state index contributed by atoms with van der Waals surface area (Å²) < 4.78 is 0. The summed E-state index contributed by atoms with van der Waals surface area (Å²) in [5, 5.41) is 11.2. The molecule has 0 spiro atoms. The van der Waals surface area contributed by atoms with Crippen LogP contribution in [0.1, 0.15) is 53.4 Å². The van der Waals surface area contributed by atoms with Crippen molar-refractivity contribution < 1.29 is 14.7 Å². The first-order valence-electron chi connectivity index (χ1n) is 9.51. The maximum Gasteiger partial charge on any atom is 0.178 e. The van der Waals surface area contributed by atoms with Crippen molar-refractivity contribution in [1.29, 1.82) is 0 Å². The first kappa shape index (κ1) is 17.0. The molecule has 134 valence electrons. The van der Waals surface area contributed by atoms with Gasteiger partial charge in [-0.05, 0) is 75.0 Å². The smallest absolute Gasteiger partial charge is 0.178 e. The molecule has 0 amide bonds. The monoisotopic (exact) mass is 340 g/mol. The standard InChI is InChI=1S/C22H28O3/c1-13-11-16-17(20(3)8-5-15(24)12-19(13)20)6-9-21(4)18(16)7-10-22(21,25)14(2)23/h5,8,11-12,16-18,25H,6-7,9-10H2,1-4H3/t16-,17+,18+,20-,21+,22+/m1/s1. The first-order valence-corrected chi connectivity index (χ1v) is 9.51. The summed E-state index contributed by atoms with van der Waals surface area (Å²) in [5.41, 5.74) is 0.700. The SMILES string of the molecule is CC(=O)[C@@]1(O)CC[C@H]2[C@@H]3C=C(C)C4=CC(=O)C=C[C@]4(C)[C@H]3CC[C@@]21C. The van der Waals surface area contributed by atoms with Gasteiger partial charge >= 0.3 is 0 Å². The van der Waals surface area contributed by atoms with Gasteiger partial charge in [-0.3, -0.25) is 9.59 Å². The number of carbonyl (C=O) groups is 2. The third kappa shape index (κ3) is 1.96. The van der Waals surface area contributed by atoms with E-state index in [4.69, 9.17) is 0 Å². The van der Waals surface area contributed by atoms with Gasteiger partial charge in [-0.2, -0.15) is 0 Å². The van der Waals surface area contributed by atoms with Crippen molar-refractivity contribution in [2.24, 2.45) is 28.6 Å². The number of Topliss-reactive ketones (excluding diaryl/α,β-unsaturated/α-hetero) is 1. The Morgan fingerprint density at radius 2 is 1.88 bits per heavy atom. The Balaban J connectivity index is 1.81. The summed E-state index contributed by atoms with van der Waals surface area (Å²) in [6.07, 6.45) is 11.3. The molecule has 3 nitrogen and oxygen atoms in total. The molecule has 4 aliphatic rings. The Hall–Kier alpha value is -1.48.